The third kappa shape index (κ3) is 2.96. The van der Waals surface area contributed by atoms with Crippen molar-refractivity contribution in [3.63, 3.8) is 0 Å². The third-order valence-corrected chi connectivity index (χ3v) is 3.54. The van der Waals surface area contributed by atoms with Crippen LogP contribution in [0.1, 0.15) is 17.5 Å². The molecule has 1 fully saturated rings. The van der Waals surface area contributed by atoms with E-state index in [1.807, 2.05) is 0 Å². The SMILES string of the molecule is Cc1ccc(CC(Cl)C2CCOC2)cc1. The van der Waals surface area contributed by atoms with Gasteiger partial charge in [-0.05, 0) is 25.3 Å². The Morgan fingerprint density at radius 3 is 2.73 bits per heavy atom. The molecule has 1 aromatic rings. The topological polar surface area (TPSA) is 9.23 Å². The van der Waals surface area contributed by atoms with E-state index in [-0.39, 0.29) is 5.38 Å². The van der Waals surface area contributed by atoms with Crippen LogP contribution in [0.4, 0.5) is 0 Å². The van der Waals surface area contributed by atoms with E-state index in [4.69, 9.17) is 16.3 Å². The van der Waals surface area contributed by atoms with Crippen LogP contribution >= 0.6 is 11.6 Å². The summed E-state index contributed by atoms with van der Waals surface area (Å²) in [6, 6.07) is 8.62. The highest BCUT2D eigenvalue weighted by molar-refractivity contribution is 6.20. The molecule has 2 rings (SSSR count). The van der Waals surface area contributed by atoms with Crippen molar-refractivity contribution in [3.05, 3.63) is 35.4 Å². The van der Waals surface area contributed by atoms with Gasteiger partial charge in [-0.15, -0.1) is 11.6 Å². The van der Waals surface area contributed by atoms with Crippen LogP contribution in [-0.2, 0) is 11.2 Å². The van der Waals surface area contributed by atoms with Gasteiger partial charge < -0.3 is 4.74 Å². The first-order chi connectivity index (χ1) is 7.25. The lowest BCUT2D eigenvalue weighted by Gasteiger charge is -2.15. The lowest BCUT2D eigenvalue weighted by molar-refractivity contribution is 0.185. The second kappa shape index (κ2) is 5.00. The molecule has 0 amide bonds. The van der Waals surface area contributed by atoms with Gasteiger partial charge in [0.2, 0.25) is 0 Å². The minimum atomic E-state index is 0.218. The molecule has 0 radical (unpaired) electrons. The Balaban J connectivity index is 1.92. The van der Waals surface area contributed by atoms with Crippen molar-refractivity contribution >= 4 is 11.6 Å². The monoisotopic (exact) mass is 224 g/mol. The lowest BCUT2D eigenvalue weighted by atomic mass is 9.98. The van der Waals surface area contributed by atoms with Crippen LogP contribution in [0.2, 0.25) is 0 Å². The van der Waals surface area contributed by atoms with Crippen molar-refractivity contribution in [2.45, 2.75) is 25.1 Å². The largest absolute Gasteiger partial charge is 0.381 e. The van der Waals surface area contributed by atoms with Crippen LogP contribution in [0.15, 0.2) is 24.3 Å². The van der Waals surface area contributed by atoms with Crippen LogP contribution in [0.3, 0.4) is 0 Å². The fourth-order valence-electron chi connectivity index (χ4n) is 1.95. The second-order valence-electron chi connectivity index (χ2n) is 4.33. The molecule has 0 bridgehead atoms. The Morgan fingerprint density at radius 1 is 1.40 bits per heavy atom. The molecule has 1 aliphatic rings. The van der Waals surface area contributed by atoms with Crippen LogP contribution in [0.5, 0.6) is 0 Å². The van der Waals surface area contributed by atoms with Crippen LogP contribution in [-0.4, -0.2) is 18.6 Å². The molecular weight excluding hydrogens is 208 g/mol. The molecule has 82 valence electrons. The van der Waals surface area contributed by atoms with Gasteiger partial charge >= 0.3 is 0 Å². The predicted octanol–water partition coefficient (Wildman–Crippen LogP) is 3.18. The molecule has 0 saturated carbocycles. The average Bonchev–Trinajstić information content (AvgIpc) is 2.74. The van der Waals surface area contributed by atoms with E-state index in [1.165, 1.54) is 11.1 Å². The number of benzene rings is 1. The van der Waals surface area contributed by atoms with Crippen LogP contribution in [0, 0.1) is 12.8 Å². The maximum Gasteiger partial charge on any atom is 0.0509 e. The first-order valence-electron chi connectivity index (χ1n) is 5.53. The zero-order chi connectivity index (χ0) is 10.7. The molecular formula is C13H17ClO. The van der Waals surface area contributed by atoms with Gasteiger partial charge in [0, 0.05) is 17.9 Å². The van der Waals surface area contributed by atoms with Gasteiger partial charge in [0.25, 0.3) is 0 Å². The molecule has 0 aromatic heterocycles. The van der Waals surface area contributed by atoms with Gasteiger partial charge in [-0.3, -0.25) is 0 Å². The molecule has 1 aliphatic heterocycles. The molecule has 2 unspecified atom stereocenters. The normalized spacial score (nSPS) is 22.9. The smallest absolute Gasteiger partial charge is 0.0509 e. The third-order valence-electron chi connectivity index (χ3n) is 3.03. The summed E-state index contributed by atoms with van der Waals surface area (Å²) >= 11 is 6.38. The minimum absolute atomic E-state index is 0.218. The van der Waals surface area contributed by atoms with Gasteiger partial charge in [0.15, 0.2) is 0 Å². The van der Waals surface area contributed by atoms with Crippen LogP contribution < -0.4 is 0 Å². The summed E-state index contributed by atoms with van der Waals surface area (Å²) in [5.74, 6) is 0.535. The number of aryl methyl sites for hydroxylation is 1. The van der Waals surface area contributed by atoms with Crippen molar-refractivity contribution in [2.24, 2.45) is 5.92 Å². The molecule has 2 atom stereocenters. The van der Waals surface area contributed by atoms with Crippen molar-refractivity contribution in [3.8, 4) is 0 Å². The van der Waals surface area contributed by atoms with E-state index in [0.29, 0.717) is 5.92 Å². The molecule has 1 heterocycles. The zero-order valence-corrected chi connectivity index (χ0v) is 9.83. The highest BCUT2D eigenvalue weighted by atomic mass is 35.5. The first kappa shape index (κ1) is 11.0. The van der Waals surface area contributed by atoms with Crippen molar-refractivity contribution in [2.75, 3.05) is 13.2 Å². The van der Waals surface area contributed by atoms with Gasteiger partial charge in [0.05, 0.1) is 6.61 Å². The quantitative estimate of drug-likeness (QED) is 0.717. The van der Waals surface area contributed by atoms with Crippen molar-refractivity contribution < 1.29 is 4.74 Å². The number of halogens is 1. The zero-order valence-electron chi connectivity index (χ0n) is 9.08. The fraction of sp³-hybridized carbons (Fsp3) is 0.538. The first-order valence-corrected chi connectivity index (χ1v) is 5.97. The highest BCUT2D eigenvalue weighted by Crippen LogP contribution is 2.24. The van der Waals surface area contributed by atoms with E-state index < -0.39 is 0 Å². The number of alkyl halides is 1. The average molecular weight is 225 g/mol. The highest BCUT2D eigenvalue weighted by Gasteiger charge is 2.23. The van der Waals surface area contributed by atoms with E-state index in [9.17, 15) is 0 Å². The number of rotatable bonds is 3. The Kier molecular flexibility index (Phi) is 3.66. The summed E-state index contributed by atoms with van der Waals surface area (Å²) in [5.41, 5.74) is 2.63. The summed E-state index contributed by atoms with van der Waals surface area (Å²) in [5, 5.41) is 0.218. The molecule has 1 aromatic carbocycles. The number of ether oxygens (including phenoxy) is 1. The van der Waals surface area contributed by atoms with Gasteiger partial charge in [0.1, 0.15) is 0 Å². The maximum atomic E-state index is 6.38. The summed E-state index contributed by atoms with van der Waals surface area (Å²) in [4.78, 5) is 0. The van der Waals surface area contributed by atoms with E-state index >= 15 is 0 Å². The summed E-state index contributed by atoms with van der Waals surface area (Å²) in [6.07, 6.45) is 2.07. The summed E-state index contributed by atoms with van der Waals surface area (Å²) in [7, 11) is 0. The molecule has 0 N–H and O–H groups in total. The molecule has 1 nitrogen and oxygen atoms in total. The molecule has 15 heavy (non-hydrogen) atoms. The maximum absolute atomic E-state index is 6.38. The van der Waals surface area contributed by atoms with E-state index in [2.05, 4.69) is 31.2 Å². The fourth-order valence-corrected chi connectivity index (χ4v) is 2.33. The Hall–Kier alpha value is -0.530. The van der Waals surface area contributed by atoms with Gasteiger partial charge in [-0.2, -0.15) is 0 Å². The lowest BCUT2D eigenvalue weighted by Crippen LogP contribution is -2.17. The van der Waals surface area contributed by atoms with Gasteiger partial charge in [-0.25, -0.2) is 0 Å². The van der Waals surface area contributed by atoms with Crippen molar-refractivity contribution in [1.29, 1.82) is 0 Å². The minimum Gasteiger partial charge on any atom is -0.381 e. The standard InChI is InChI=1S/C13H17ClO/c1-10-2-4-11(5-3-10)8-13(14)12-6-7-15-9-12/h2-5,12-13H,6-9H2,1H3. The van der Waals surface area contributed by atoms with Crippen LogP contribution in [0.25, 0.3) is 0 Å². The Labute approximate surface area is 96.4 Å². The molecule has 0 aliphatic carbocycles. The Bertz CT molecular complexity index is 301. The molecule has 1 saturated heterocycles. The number of hydrogen-bond donors (Lipinski definition) is 0. The summed E-state index contributed by atoms with van der Waals surface area (Å²) < 4.78 is 5.35. The van der Waals surface area contributed by atoms with E-state index in [0.717, 1.165) is 26.1 Å². The molecule has 0 spiro atoms. The second-order valence-corrected chi connectivity index (χ2v) is 4.89. The molecule has 2 heteroatoms. The number of hydrogen-bond acceptors (Lipinski definition) is 1. The van der Waals surface area contributed by atoms with Gasteiger partial charge in [-0.1, -0.05) is 29.8 Å². The van der Waals surface area contributed by atoms with E-state index in [1.54, 1.807) is 0 Å². The summed E-state index contributed by atoms with van der Waals surface area (Å²) in [6.45, 7) is 3.81. The Morgan fingerprint density at radius 2 is 2.13 bits per heavy atom. The predicted molar refractivity (Wildman–Crippen MR) is 63.5 cm³/mol. The van der Waals surface area contributed by atoms with Crippen molar-refractivity contribution in [1.82, 2.24) is 0 Å².